The second-order valence-corrected chi connectivity index (χ2v) is 5.46. The zero-order chi connectivity index (χ0) is 14.4. The van der Waals surface area contributed by atoms with Crippen LogP contribution in [0.4, 0.5) is 0 Å². The number of ether oxygens (including phenoxy) is 2. The van der Waals surface area contributed by atoms with E-state index >= 15 is 0 Å². The Morgan fingerprint density at radius 2 is 2.35 bits per heavy atom. The van der Waals surface area contributed by atoms with Gasteiger partial charge in [-0.3, -0.25) is 4.90 Å². The van der Waals surface area contributed by atoms with Gasteiger partial charge in [0, 0.05) is 39.4 Å². The van der Waals surface area contributed by atoms with Crippen LogP contribution in [0.25, 0.3) is 0 Å². The van der Waals surface area contributed by atoms with Crippen molar-refractivity contribution in [3.63, 3.8) is 0 Å². The van der Waals surface area contributed by atoms with Crippen molar-refractivity contribution >= 4 is 0 Å². The first kappa shape index (κ1) is 15.4. The number of rotatable bonds is 5. The molecule has 1 fully saturated rings. The minimum Gasteiger partial charge on any atom is -0.380 e. The number of nitrogens with zero attached hydrogens (tertiary/aromatic N) is 1. The van der Waals surface area contributed by atoms with E-state index in [9.17, 15) is 0 Å². The van der Waals surface area contributed by atoms with Gasteiger partial charge in [-0.15, -0.1) is 0 Å². The minimum atomic E-state index is 0.260. The highest BCUT2D eigenvalue weighted by atomic mass is 16.5. The first-order valence-corrected chi connectivity index (χ1v) is 7.38. The molecule has 1 aromatic carbocycles. The lowest BCUT2D eigenvalue weighted by atomic mass is 10.0. The fourth-order valence-electron chi connectivity index (χ4n) is 2.86. The molecule has 20 heavy (non-hydrogen) atoms. The van der Waals surface area contributed by atoms with Crippen molar-refractivity contribution in [1.82, 2.24) is 4.90 Å². The number of nitrogens with two attached hydrogens (primary N) is 1. The molecule has 0 aromatic heterocycles. The highest BCUT2D eigenvalue weighted by Crippen LogP contribution is 2.23. The zero-order valence-corrected chi connectivity index (χ0v) is 12.5. The van der Waals surface area contributed by atoms with E-state index in [0.717, 1.165) is 26.1 Å². The highest BCUT2D eigenvalue weighted by Gasteiger charge is 2.23. The van der Waals surface area contributed by atoms with E-state index < -0.39 is 0 Å². The van der Waals surface area contributed by atoms with E-state index in [2.05, 4.69) is 36.1 Å². The molecule has 0 amide bonds. The molecule has 2 atom stereocenters. The van der Waals surface area contributed by atoms with Gasteiger partial charge in [0.2, 0.25) is 0 Å². The van der Waals surface area contributed by atoms with E-state index in [1.807, 2.05) is 0 Å². The summed E-state index contributed by atoms with van der Waals surface area (Å²) in [5.41, 5.74) is 8.51. The minimum absolute atomic E-state index is 0.260. The van der Waals surface area contributed by atoms with Gasteiger partial charge in [-0.2, -0.15) is 0 Å². The SMILES string of the molecule is COCc1cccc(C(CN)N2CCCOC(C)C2)c1. The molecule has 2 unspecified atom stereocenters. The van der Waals surface area contributed by atoms with Crippen LogP contribution in [0.3, 0.4) is 0 Å². The van der Waals surface area contributed by atoms with Gasteiger partial charge in [-0.25, -0.2) is 0 Å². The molecule has 0 aliphatic carbocycles. The van der Waals surface area contributed by atoms with Gasteiger partial charge in [0.15, 0.2) is 0 Å². The molecule has 0 bridgehead atoms. The third kappa shape index (κ3) is 4.03. The van der Waals surface area contributed by atoms with Crippen LogP contribution in [0.2, 0.25) is 0 Å². The van der Waals surface area contributed by atoms with Crippen molar-refractivity contribution in [3.05, 3.63) is 35.4 Å². The second kappa shape index (κ2) is 7.74. The summed E-state index contributed by atoms with van der Waals surface area (Å²) in [6, 6.07) is 8.81. The lowest BCUT2D eigenvalue weighted by molar-refractivity contribution is 0.0611. The van der Waals surface area contributed by atoms with Crippen LogP contribution in [0.5, 0.6) is 0 Å². The third-order valence-corrected chi connectivity index (χ3v) is 3.79. The molecule has 1 heterocycles. The van der Waals surface area contributed by atoms with Gasteiger partial charge < -0.3 is 15.2 Å². The summed E-state index contributed by atoms with van der Waals surface area (Å²) in [5, 5.41) is 0. The van der Waals surface area contributed by atoms with Crippen LogP contribution in [0, 0.1) is 0 Å². The molecular formula is C16H26N2O2. The number of hydrogen-bond acceptors (Lipinski definition) is 4. The lowest BCUT2D eigenvalue weighted by Gasteiger charge is -2.31. The van der Waals surface area contributed by atoms with Crippen LogP contribution >= 0.6 is 0 Å². The maximum atomic E-state index is 6.04. The van der Waals surface area contributed by atoms with Gasteiger partial charge in [0.25, 0.3) is 0 Å². The van der Waals surface area contributed by atoms with E-state index in [0.29, 0.717) is 13.2 Å². The molecule has 0 spiro atoms. The number of methoxy groups -OCH3 is 1. The largest absolute Gasteiger partial charge is 0.380 e. The fraction of sp³-hybridized carbons (Fsp3) is 0.625. The third-order valence-electron chi connectivity index (χ3n) is 3.79. The van der Waals surface area contributed by atoms with E-state index in [1.165, 1.54) is 11.1 Å². The van der Waals surface area contributed by atoms with Gasteiger partial charge in [0.1, 0.15) is 0 Å². The van der Waals surface area contributed by atoms with Crippen molar-refractivity contribution in [3.8, 4) is 0 Å². The van der Waals surface area contributed by atoms with Crippen LogP contribution in [0.1, 0.15) is 30.5 Å². The molecule has 2 rings (SSSR count). The zero-order valence-electron chi connectivity index (χ0n) is 12.5. The second-order valence-electron chi connectivity index (χ2n) is 5.46. The summed E-state index contributed by atoms with van der Waals surface area (Å²) in [6.45, 7) is 6.23. The predicted octanol–water partition coefficient (Wildman–Crippen LogP) is 1.94. The van der Waals surface area contributed by atoms with Crippen molar-refractivity contribution < 1.29 is 9.47 Å². The molecule has 4 nitrogen and oxygen atoms in total. The van der Waals surface area contributed by atoms with E-state index in [4.69, 9.17) is 15.2 Å². The van der Waals surface area contributed by atoms with Gasteiger partial charge >= 0.3 is 0 Å². The topological polar surface area (TPSA) is 47.7 Å². The molecule has 0 saturated carbocycles. The first-order valence-electron chi connectivity index (χ1n) is 7.38. The summed E-state index contributed by atoms with van der Waals surface area (Å²) in [5.74, 6) is 0. The summed E-state index contributed by atoms with van der Waals surface area (Å²) >= 11 is 0. The summed E-state index contributed by atoms with van der Waals surface area (Å²) < 4.78 is 10.9. The summed E-state index contributed by atoms with van der Waals surface area (Å²) in [4.78, 5) is 2.45. The highest BCUT2D eigenvalue weighted by molar-refractivity contribution is 5.26. The molecule has 2 N–H and O–H groups in total. The molecule has 1 saturated heterocycles. The molecular weight excluding hydrogens is 252 g/mol. The number of hydrogen-bond donors (Lipinski definition) is 1. The smallest absolute Gasteiger partial charge is 0.0713 e. The lowest BCUT2D eigenvalue weighted by Crippen LogP contribution is -2.37. The Hall–Kier alpha value is -0.940. The van der Waals surface area contributed by atoms with Crippen LogP contribution < -0.4 is 5.73 Å². The Labute approximate surface area is 121 Å². The predicted molar refractivity (Wildman–Crippen MR) is 80.6 cm³/mol. The normalized spacial score (nSPS) is 22.4. The molecule has 112 valence electrons. The van der Waals surface area contributed by atoms with Crippen LogP contribution in [-0.2, 0) is 16.1 Å². The molecule has 1 aromatic rings. The average Bonchev–Trinajstić information content (AvgIpc) is 2.65. The monoisotopic (exact) mass is 278 g/mol. The summed E-state index contributed by atoms with van der Waals surface area (Å²) in [7, 11) is 1.72. The van der Waals surface area contributed by atoms with Crippen molar-refractivity contribution in [1.29, 1.82) is 0 Å². The Balaban J connectivity index is 2.15. The quantitative estimate of drug-likeness (QED) is 0.894. The molecule has 0 radical (unpaired) electrons. The van der Waals surface area contributed by atoms with Crippen molar-refractivity contribution in [2.45, 2.75) is 32.1 Å². The van der Waals surface area contributed by atoms with Crippen molar-refractivity contribution in [2.24, 2.45) is 5.73 Å². The first-order chi connectivity index (χ1) is 9.74. The van der Waals surface area contributed by atoms with Crippen LogP contribution in [0.15, 0.2) is 24.3 Å². The standard InChI is InChI=1S/C16H26N2O2/c1-13-11-18(7-4-8-20-13)16(10-17)15-6-3-5-14(9-15)12-19-2/h3,5-6,9,13,16H,4,7-8,10-12,17H2,1-2H3. The Morgan fingerprint density at radius 3 is 3.10 bits per heavy atom. The maximum absolute atomic E-state index is 6.04. The summed E-state index contributed by atoms with van der Waals surface area (Å²) in [6.07, 6.45) is 1.34. The maximum Gasteiger partial charge on any atom is 0.0713 e. The van der Waals surface area contributed by atoms with Crippen LogP contribution in [-0.4, -0.2) is 44.4 Å². The van der Waals surface area contributed by atoms with Gasteiger partial charge in [-0.1, -0.05) is 24.3 Å². The fourth-order valence-corrected chi connectivity index (χ4v) is 2.86. The van der Waals surface area contributed by atoms with Gasteiger partial charge in [0.05, 0.1) is 12.7 Å². The van der Waals surface area contributed by atoms with E-state index in [1.54, 1.807) is 7.11 Å². The molecule has 1 aliphatic rings. The molecule has 4 heteroatoms. The Kier molecular flexibility index (Phi) is 5.98. The van der Waals surface area contributed by atoms with Gasteiger partial charge in [-0.05, 0) is 24.5 Å². The Bertz CT molecular complexity index is 411. The average molecular weight is 278 g/mol. The Morgan fingerprint density at radius 1 is 1.50 bits per heavy atom. The van der Waals surface area contributed by atoms with Crippen molar-refractivity contribution in [2.75, 3.05) is 33.4 Å². The number of benzene rings is 1. The van der Waals surface area contributed by atoms with E-state index in [-0.39, 0.29) is 12.1 Å². The molecule has 1 aliphatic heterocycles.